The highest BCUT2D eigenvalue weighted by molar-refractivity contribution is 7.11. The Morgan fingerprint density at radius 1 is 1.07 bits per heavy atom. The van der Waals surface area contributed by atoms with E-state index in [0.29, 0.717) is 50.7 Å². The van der Waals surface area contributed by atoms with Crippen LogP contribution in [0.15, 0.2) is 23.2 Å². The first-order valence-corrected chi connectivity index (χ1v) is 10.8. The molecular weight excluding hydrogens is 378 g/mol. The van der Waals surface area contributed by atoms with Crippen LogP contribution in [-0.4, -0.2) is 91.2 Å². The number of carbonyl (C=O) groups excluding carboxylic acids is 2. The number of nitrogens with zero attached hydrogens (tertiary/aromatic N) is 3. The van der Waals surface area contributed by atoms with Gasteiger partial charge in [-0.1, -0.05) is 6.07 Å². The van der Waals surface area contributed by atoms with Crippen molar-refractivity contribution in [2.75, 3.05) is 52.5 Å². The predicted molar refractivity (Wildman–Crippen MR) is 107 cm³/mol. The number of rotatable bonds is 5. The van der Waals surface area contributed by atoms with Gasteiger partial charge in [-0.2, -0.15) is 0 Å². The molecule has 1 aromatic heterocycles. The molecule has 0 radical (unpaired) electrons. The van der Waals surface area contributed by atoms with Gasteiger partial charge in [0.05, 0.1) is 31.0 Å². The fourth-order valence-electron chi connectivity index (χ4n) is 4.13. The molecule has 1 aromatic rings. The van der Waals surface area contributed by atoms with Crippen LogP contribution in [-0.2, 0) is 19.1 Å². The Balaban J connectivity index is 1.58. The molecule has 0 aromatic carbocycles. The largest absolute Gasteiger partial charge is 0.379 e. The van der Waals surface area contributed by atoms with E-state index in [1.807, 2.05) is 36.3 Å². The molecular formula is C20H27N3O4S. The van der Waals surface area contributed by atoms with Crippen LogP contribution in [0.3, 0.4) is 0 Å². The van der Waals surface area contributed by atoms with E-state index in [2.05, 4.69) is 4.90 Å². The zero-order valence-corrected chi connectivity index (χ0v) is 17.2. The Kier molecular flexibility index (Phi) is 5.82. The number of morpholine rings is 2. The molecule has 0 spiro atoms. The Morgan fingerprint density at radius 3 is 2.43 bits per heavy atom. The average molecular weight is 406 g/mol. The fraction of sp³-hybridized carbons (Fsp3) is 0.600. The molecule has 3 aliphatic heterocycles. The number of ether oxygens (including phenoxy) is 2. The maximum absolute atomic E-state index is 13.3. The van der Waals surface area contributed by atoms with Crippen molar-refractivity contribution in [3.63, 3.8) is 0 Å². The predicted octanol–water partition coefficient (Wildman–Crippen LogP) is 1.27. The summed E-state index contributed by atoms with van der Waals surface area (Å²) in [6.45, 7) is 9.42. The third kappa shape index (κ3) is 3.87. The lowest BCUT2D eigenvalue weighted by molar-refractivity contribution is -0.138. The van der Waals surface area contributed by atoms with Crippen molar-refractivity contribution in [1.82, 2.24) is 14.7 Å². The van der Waals surface area contributed by atoms with E-state index in [4.69, 9.17) is 9.47 Å². The zero-order chi connectivity index (χ0) is 19.7. The topological polar surface area (TPSA) is 62.3 Å². The van der Waals surface area contributed by atoms with Gasteiger partial charge in [0.25, 0.3) is 11.8 Å². The summed E-state index contributed by atoms with van der Waals surface area (Å²) in [5.74, 6) is -0.356. The first-order valence-electron chi connectivity index (χ1n) is 9.89. The summed E-state index contributed by atoms with van der Waals surface area (Å²) >= 11 is 1.50. The lowest BCUT2D eigenvalue weighted by atomic mass is 10.1. The normalized spacial score (nSPS) is 27.2. The molecule has 0 saturated carbocycles. The van der Waals surface area contributed by atoms with Crippen molar-refractivity contribution >= 4 is 28.7 Å². The van der Waals surface area contributed by atoms with Gasteiger partial charge in [-0.15, -0.1) is 11.3 Å². The zero-order valence-electron chi connectivity index (χ0n) is 16.4. The van der Waals surface area contributed by atoms with E-state index in [0.717, 1.165) is 18.0 Å². The minimum Gasteiger partial charge on any atom is -0.379 e. The van der Waals surface area contributed by atoms with Crippen LogP contribution in [0.1, 0.15) is 18.7 Å². The van der Waals surface area contributed by atoms with E-state index >= 15 is 0 Å². The summed E-state index contributed by atoms with van der Waals surface area (Å²) in [4.78, 5) is 33.2. The Morgan fingerprint density at radius 2 is 1.79 bits per heavy atom. The number of imide groups is 1. The molecule has 4 rings (SSSR count). The van der Waals surface area contributed by atoms with Gasteiger partial charge >= 0.3 is 0 Å². The number of hydrogen-bond acceptors (Lipinski definition) is 7. The molecule has 0 aliphatic carbocycles. The summed E-state index contributed by atoms with van der Waals surface area (Å²) in [6, 6.07) is 3.84. The van der Waals surface area contributed by atoms with Crippen LogP contribution < -0.4 is 0 Å². The van der Waals surface area contributed by atoms with E-state index in [1.54, 1.807) is 0 Å². The third-order valence-electron chi connectivity index (χ3n) is 5.39. The molecule has 7 nitrogen and oxygen atoms in total. The molecule has 3 aliphatic rings. The van der Waals surface area contributed by atoms with Gasteiger partial charge in [-0.25, -0.2) is 0 Å². The molecule has 28 heavy (non-hydrogen) atoms. The van der Waals surface area contributed by atoms with Crippen LogP contribution in [0.4, 0.5) is 0 Å². The monoisotopic (exact) mass is 405 g/mol. The summed E-state index contributed by atoms with van der Waals surface area (Å²) in [6.07, 6.45) is 0.0391. The van der Waals surface area contributed by atoms with E-state index in [9.17, 15) is 9.59 Å². The van der Waals surface area contributed by atoms with Crippen LogP contribution in [0, 0.1) is 0 Å². The summed E-state index contributed by atoms with van der Waals surface area (Å²) in [5, 5.41) is 1.94. The van der Waals surface area contributed by atoms with Crippen molar-refractivity contribution in [3.8, 4) is 0 Å². The first kappa shape index (κ1) is 19.6. The summed E-state index contributed by atoms with van der Waals surface area (Å²) in [5.41, 5.74) is 1.08. The highest BCUT2D eigenvalue weighted by atomic mass is 32.1. The van der Waals surface area contributed by atoms with E-state index in [1.165, 1.54) is 16.2 Å². The second kappa shape index (κ2) is 8.32. The summed E-state index contributed by atoms with van der Waals surface area (Å²) in [7, 11) is 0. The molecule has 4 heterocycles. The molecule has 2 saturated heterocycles. The second-order valence-electron chi connectivity index (χ2n) is 7.58. The van der Waals surface area contributed by atoms with E-state index in [-0.39, 0.29) is 24.0 Å². The van der Waals surface area contributed by atoms with Gasteiger partial charge in [-0.3, -0.25) is 19.4 Å². The third-order valence-corrected chi connectivity index (χ3v) is 6.28. The second-order valence-corrected chi connectivity index (χ2v) is 8.53. The van der Waals surface area contributed by atoms with Crippen LogP contribution >= 0.6 is 11.3 Å². The number of hydrogen-bond donors (Lipinski definition) is 0. The molecule has 0 bridgehead atoms. The van der Waals surface area contributed by atoms with Crippen molar-refractivity contribution < 1.29 is 19.1 Å². The molecule has 2 fully saturated rings. The van der Waals surface area contributed by atoms with Gasteiger partial charge in [0, 0.05) is 44.1 Å². The smallest absolute Gasteiger partial charge is 0.277 e. The van der Waals surface area contributed by atoms with Gasteiger partial charge in [-0.05, 0) is 25.3 Å². The molecule has 0 N–H and O–H groups in total. The van der Waals surface area contributed by atoms with Gasteiger partial charge in [0.1, 0.15) is 5.70 Å². The minimum absolute atomic E-state index is 0.0196. The lowest BCUT2D eigenvalue weighted by Crippen LogP contribution is -2.48. The molecule has 2 unspecified atom stereocenters. The van der Waals surface area contributed by atoms with Crippen molar-refractivity contribution in [2.45, 2.75) is 26.1 Å². The van der Waals surface area contributed by atoms with Crippen molar-refractivity contribution in [2.24, 2.45) is 0 Å². The Labute approximate surface area is 169 Å². The lowest BCUT2D eigenvalue weighted by Gasteiger charge is -2.37. The molecule has 8 heteroatoms. The Hall–Kier alpha value is -1.74. The van der Waals surface area contributed by atoms with Gasteiger partial charge in [0.2, 0.25) is 0 Å². The maximum atomic E-state index is 13.3. The molecule has 2 amide bonds. The van der Waals surface area contributed by atoms with Crippen molar-refractivity contribution in [3.05, 3.63) is 28.1 Å². The minimum atomic E-state index is -0.178. The van der Waals surface area contributed by atoms with Gasteiger partial charge < -0.3 is 14.4 Å². The Bertz CT molecular complexity index is 748. The molecule has 2 atom stereocenters. The van der Waals surface area contributed by atoms with Crippen LogP contribution in [0.2, 0.25) is 0 Å². The summed E-state index contributed by atoms with van der Waals surface area (Å²) < 4.78 is 11.2. The van der Waals surface area contributed by atoms with Crippen LogP contribution in [0.5, 0.6) is 0 Å². The van der Waals surface area contributed by atoms with E-state index < -0.39 is 0 Å². The fourth-order valence-corrected chi connectivity index (χ4v) is 4.89. The first-order chi connectivity index (χ1) is 13.5. The highest BCUT2D eigenvalue weighted by Crippen LogP contribution is 2.35. The number of amides is 2. The highest BCUT2D eigenvalue weighted by Gasteiger charge is 2.43. The van der Waals surface area contributed by atoms with Crippen molar-refractivity contribution in [1.29, 1.82) is 0 Å². The standard InChI is InChI=1S/C20H27N3O4S/c1-14-12-22(13-15(2)27-14)18-17(16-4-3-11-28-16)19(24)23(20(18)25)6-5-21-7-9-26-10-8-21/h3-4,11,14-15H,5-10,12-13H2,1-2H3. The van der Waals surface area contributed by atoms with Crippen LogP contribution in [0.25, 0.3) is 5.57 Å². The quantitative estimate of drug-likeness (QED) is 0.688. The number of thiophene rings is 1. The maximum Gasteiger partial charge on any atom is 0.277 e. The van der Waals surface area contributed by atoms with Gasteiger partial charge in [0.15, 0.2) is 0 Å². The average Bonchev–Trinajstić information content (AvgIpc) is 3.27. The number of carbonyl (C=O) groups is 2. The SMILES string of the molecule is CC1CN(C2=C(c3cccs3)C(=O)N(CCN3CCOCC3)C2=O)CC(C)O1. The molecule has 152 valence electrons.